The summed E-state index contributed by atoms with van der Waals surface area (Å²) in [6.45, 7) is 4.52. The Kier molecular flexibility index (Phi) is 6.02. The van der Waals surface area contributed by atoms with Gasteiger partial charge in [0.1, 0.15) is 5.82 Å². The highest BCUT2D eigenvalue weighted by Crippen LogP contribution is 2.30. The van der Waals surface area contributed by atoms with E-state index < -0.39 is 0 Å². The SMILES string of the molecule is CCCCNC(=O)C1CCCN(c2nc(-c3ccc(F)cc3)cs2)C1. The van der Waals surface area contributed by atoms with E-state index in [2.05, 4.69) is 17.1 Å². The molecule has 1 fully saturated rings. The van der Waals surface area contributed by atoms with Gasteiger partial charge in [-0.15, -0.1) is 11.3 Å². The topological polar surface area (TPSA) is 45.2 Å². The third kappa shape index (κ3) is 4.57. The molecule has 1 aromatic heterocycles. The Morgan fingerprint density at radius 3 is 2.96 bits per heavy atom. The molecule has 0 aliphatic carbocycles. The molecule has 1 unspecified atom stereocenters. The first-order valence-corrected chi connectivity index (χ1v) is 9.79. The quantitative estimate of drug-likeness (QED) is 0.789. The molecule has 0 spiro atoms. The zero-order valence-electron chi connectivity index (χ0n) is 14.5. The second kappa shape index (κ2) is 8.43. The molecule has 1 aromatic carbocycles. The van der Waals surface area contributed by atoms with Gasteiger partial charge < -0.3 is 10.2 Å². The van der Waals surface area contributed by atoms with Crippen molar-refractivity contribution in [1.82, 2.24) is 10.3 Å². The zero-order valence-corrected chi connectivity index (χ0v) is 15.3. The van der Waals surface area contributed by atoms with Crippen molar-refractivity contribution in [3.8, 4) is 11.3 Å². The van der Waals surface area contributed by atoms with Gasteiger partial charge in [0.15, 0.2) is 5.13 Å². The number of nitrogens with one attached hydrogen (secondary N) is 1. The Balaban J connectivity index is 1.63. The van der Waals surface area contributed by atoms with E-state index in [-0.39, 0.29) is 17.6 Å². The average Bonchev–Trinajstić information content (AvgIpc) is 3.13. The highest BCUT2D eigenvalue weighted by atomic mass is 32.1. The molecule has 1 atom stereocenters. The lowest BCUT2D eigenvalue weighted by Crippen LogP contribution is -2.43. The first kappa shape index (κ1) is 17.9. The normalized spacial score (nSPS) is 17.5. The zero-order chi connectivity index (χ0) is 17.6. The van der Waals surface area contributed by atoms with Gasteiger partial charge in [-0.2, -0.15) is 0 Å². The summed E-state index contributed by atoms with van der Waals surface area (Å²) in [7, 11) is 0. The van der Waals surface area contributed by atoms with Gasteiger partial charge in [0.2, 0.25) is 5.91 Å². The first-order chi connectivity index (χ1) is 12.2. The summed E-state index contributed by atoms with van der Waals surface area (Å²) >= 11 is 1.58. The number of carbonyl (C=O) groups excluding carboxylic acids is 1. The molecule has 3 rings (SSSR count). The predicted molar refractivity (Wildman–Crippen MR) is 100 cm³/mol. The standard InChI is InChI=1S/C19H24FN3OS/c1-2-3-10-21-18(24)15-5-4-11-23(12-15)19-22-17(13-25-19)14-6-8-16(20)9-7-14/h6-9,13,15H,2-5,10-12H2,1H3,(H,21,24). The molecule has 2 aromatic rings. The number of halogens is 1. The lowest BCUT2D eigenvalue weighted by molar-refractivity contribution is -0.125. The monoisotopic (exact) mass is 361 g/mol. The van der Waals surface area contributed by atoms with Crippen LogP contribution in [0.5, 0.6) is 0 Å². The summed E-state index contributed by atoms with van der Waals surface area (Å²) < 4.78 is 13.1. The molecule has 6 heteroatoms. The Hall–Kier alpha value is -1.95. The van der Waals surface area contributed by atoms with Gasteiger partial charge in [0.25, 0.3) is 0 Å². The van der Waals surface area contributed by atoms with E-state index >= 15 is 0 Å². The van der Waals surface area contributed by atoms with Crippen molar-refractivity contribution in [2.24, 2.45) is 5.92 Å². The molecule has 1 aliphatic rings. The van der Waals surface area contributed by atoms with E-state index in [1.165, 1.54) is 12.1 Å². The molecule has 25 heavy (non-hydrogen) atoms. The average molecular weight is 361 g/mol. The number of anilines is 1. The molecule has 0 radical (unpaired) electrons. The Bertz CT molecular complexity index is 701. The van der Waals surface area contributed by atoms with Crippen LogP contribution in [-0.2, 0) is 4.79 Å². The number of unbranched alkanes of at least 4 members (excludes halogenated alkanes) is 1. The number of piperidine rings is 1. The number of thiazole rings is 1. The van der Waals surface area contributed by atoms with E-state index in [1.807, 2.05) is 5.38 Å². The van der Waals surface area contributed by atoms with Crippen LogP contribution in [0.4, 0.5) is 9.52 Å². The molecule has 4 nitrogen and oxygen atoms in total. The molecule has 1 amide bonds. The third-order valence-electron chi connectivity index (χ3n) is 4.52. The fraction of sp³-hybridized carbons (Fsp3) is 0.474. The van der Waals surface area contributed by atoms with E-state index in [9.17, 15) is 9.18 Å². The van der Waals surface area contributed by atoms with Crippen molar-refractivity contribution in [2.75, 3.05) is 24.5 Å². The summed E-state index contributed by atoms with van der Waals surface area (Å²) in [4.78, 5) is 19.2. The smallest absolute Gasteiger partial charge is 0.224 e. The van der Waals surface area contributed by atoms with Crippen LogP contribution >= 0.6 is 11.3 Å². The van der Waals surface area contributed by atoms with Gasteiger partial charge in [0.05, 0.1) is 11.6 Å². The summed E-state index contributed by atoms with van der Waals surface area (Å²) in [5, 5.41) is 5.97. The fourth-order valence-electron chi connectivity index (χ4n) is 3.06. The Labute approximate surface area is 152 Å². The van der Waals surface area contributed by atoms with Gasteiger partial charge in [-0.05, 0) is 43.5 Å². The second-order valence-electron chi connectivity index (χ2n) is 6.45. The van der Waals surface area contributed by atoms with Crippen LogP contribution in [-0.4, -0.2) is 30.5 Å². The highest BCUT2D eigenvalue weighted by molar-refractivity contribution is 7.14. The van der Waals surface area contributed by atoms with Gasteiger partial charge >= 0.3 is 0 Å². The minimum atomic E-state index is -0.243. The van der Waals surface area contributed by atoms with E-state index in [1.54, 1.807) is 23.5 Å². The van der Waals surface area contributed by atoms with Crippen LogP contribution in [0.2, 0.25) is 0 Å². The maximum Gasteiger partial charge on any atom is 0.224 e. The van der Waals surface area contributed by atoms with Crippen molar-refractivity contribution in [3.63, 3.8) is 0 Å². The molecule has 0 bridgehead atoms. The third-order valence-corrected chi connectivity index (χ3v) is 5.43. The summed E-state index contributed by atoms with van der Waals surface area (Å²) in [6.07, 6.45) is 4.04. The van der Waals surface area contributed by atoms with Gasteiger partial charge in [-0.3, -0.25) is 4.79 Å². The molecule has 1 saturated heterocycles. The van der Waals surface area contributed by atoms with Crippen molar-refractivity contribution in [2.45, 2.75) is 32.6 Å². The summed E-state index contributed by atoms with van der Waals surface area (Å²) in [5.74, 6) is -0.0515. The number of benzene rings is 1. The van der Waals surface area contributed by atoms with Crippen molar-refractivity contribution >= 4 is 22.4 Å². The van der Waals surface area contributed by atoms with Crippen LogP contribution in [0, 0.1) is 11.7 Å². The van der Waals surface area contributed by atoms with Crippen LogP contribution in [0.1, 0.15) is 32.6 Å². The summed E-state index contributed by atoms with van der Waals surface area (Å²) in [5.41, 5.74) is 1.77. The number of carbonyl (C=O) groups is 1. The van der Waals surface area contributed by atoms with Crippen molar-refractivity contribution in [3.05, 3.63) is 35.5 Å². The molecular weight excluding hydrogens is 337 g/mol. The fourth-order valence-corrected chi connectivity index (χ4v) is 3.93. The largest absolute Gasteiger partial charge is 0.356 e. The Morgan fingerprint density at radius 1 is 1.40 bits per heavy atom. The number of hydrogen-bond acceptors (Lipinski definition) is 4. The molecule has 1 N–H and O–H groups in total. The van der Waals surface area contributed by atoms with Crippen LogP contribution in [0.15, 0.2) is 29.6 Å². The lowest BCUT2D eigenvalue weighted by atomic mass is 9.97. The number of nitrogens with zero attached hydrogens (tertiary/aromatic N) is 2. The van der Waals surface area contributed by atoms with Crippen LogP contribution < -0.4 is 10.2 Å². The second-order valence-corrected chi connectivity index (χ2v) is 7.29. The van der Waals surface area contributed by atoms with E-state index in [0.29, 0.717) is 6.54 Å². The number of rotatable bonds is 6. The van der Waals surface area contributed by atoms with Crippen molar-refractivity contribution < 1.29 is 9.18 Å². The molecule has 134 valence electrons. The summed E-state index contributed by atoms with van der Waals surface area (Å²) in [6, 6.07) is 6.39. The number of amides is 1. The van der Waals surface area contributed by atoms with Crippen LogP contribution in [0.3, 0.4) is 0 Å². The molecule has 1 aliphatic heterocycles. The number of hydrogen-bond donors (Lipinski definition) is 1. The number of aromatic nitrogens is 1. The Morgan fingerprint density at radius 2 is 2.20 bits per heavy atom. The molecule has 2 heterocycles. The molecule has 0 saturated carbocycles. The molecular formula is C19H24FN3OS. The highest BCUT2D eigenvalue weighted by Gasteiger charge is 2.27. The maximum absolute atomic E-state index is 13.1. The van der Waals surface area contributed by atoms with Crippen molar-refractivity contribution in [1.29, 1.82) is 0 Å². The maximum atomic E-state index is 13.1. The predicted octanol–water partition coefficient (Wildman–Crippen LogP) is 4.08. The van der Waals surface area contributed by atoms with Crippen LogP contribution in [0.25, 0.3) is 11.3 Å². The lowest BCUT2D eigenvalue weighted by Gasteiger charge is -2.31. The first-order valence-electron chi connectivity index (χ1n) is 8.91. The van der Waals surface area contributed by atoms with Gasteiger partial charge in [-0.1, -0.05) is 13.3 Å². The van der Waals surface area contributed by atoms with E-state index in [4.69, 9.17) is 4.98 Å². The van der Waals surface area contributed by atoms with Gasteiger partial charge in [-0.25, -0.2) is 9.37 Å². The van der Waals surface area contributed by atoms with Gasteiger partial charge in [0, 0.05) is 30.6 Å². The minimum Gasteiger partial charge on any atom is -0.356 e. The minimum absolute atomic E-state index is 0.0313. The van der Waals surface area contributed by atoms with E-state index in [0.717, 1.165) is 55.2 Å².